The van der Waals surface area contributed by atoms with Crippen LogP contribution in [0, 0.1) is 0 Å². The van der Waals surface area contributed by atoms with Crippen LogP contribution in [0.2, 0.25) is 0 Å². The molecule has 2 aliphatic rings. The van der Waals surface area contributed by atoms with Crippen molar-refractivity contribution in [2.24, 2.45) is 0 Å². The number of hydrogen-bond acceptors (Lipinski definition) is 15. The average molecular weight is 1050 g/mol. The number of rotatable bonds is 18. The SMILES string of the molecule is COc1ccc(C(CC(=O)OC(C)(C)C)n2ccc(CCCc3ccc4c(n3)CCCC4)n2)cn1.COc1ccc(C(CC(=O)OC(C)(C)C)n2ccc(CCCc3ccc4c(n3)NCCC4)n2)cn1.O=S(=O)(O)O. The highest BCUT2D eigenvalue weighted by molar-refractivity contribution is 7.79. The zero-order valence-corrected chi connectivity index (χ0v) is 45.3. The van der Waals surface area contributed by atoms with Crippen molar-refractivity contribution in [3.05, 3.63) is 136 Å². The Labute approximate surface area is 440 Å². The molecule has 1 aliphatic heterocycles. The molecule has 0 radical (unpaired) electrons. The van der Waals surface area contributed by atoms with Crippen molar-refractivity contribution in [1.29, 1.82) is 0 Å². The van der Waals surface area contributed by atoms with E-state index in [9.17, 15) is 9.59 Å². The molecule has 19 nitrogen and oxygen atoms in total. The molecule has 3 N–H and O–H groups in total. The molecule has 404 valence electrons. The fourth-order valence-electron chi connectivity index (χ4n) is 8.77. The van der Waals surface area contributed by atoms with Crippen LogP contribution in [-0.2, 0) is 74.4 Å². The first-order valence-electron chi connectivity index (χ1n) is 25.5. The molecule has 0 saturated carbocycles. The van der Waals surface area contributed by atoms with Crippen molar-refractivity contribution in [3.8, 4) is 11.8 Å². The standard InChI is InChI=1S/C28H36N4O3.C27H35N5O3.H2O4S/c1-28(2,3)35-27(33)18-25(21-13-15-26(34-4)29-19-21)32-17-16-23(31-32)10-7-9-22-14-12-20-8-5-6-11-24(20)30-22;1-27(2,3)35-25(33)17-23(20-11-13-24(34-4)29-18-20)32-16-14-22(31-32)9-5-8-21-12-10-19-7-6-15-28-26(19)30-21;1-5(2,3)4/h12-17,19,25H,5-11,18H2,1-4H3;10-14,16,18,23H,5-9,15,17H2,1-4H3,(H,28,30);(H2,1,2,3,4). The third-order valence-electron chi connectivity index (χ3n) is 12.2. The van der Waals surface area contributed by atoms with Gasteiger partial charge in [-0.05, 0) is 177 Å². The normalized spacial score (nSPS) is 14.0. The summed E-state index contributed by atoms with van der Waals surface area (Å²) in [6.45, 7) is 12.2. The first-order chi connectivity index (χ1) is 35.6. The van der Waals surface area contributed by atoms with Gasteiger partial charge in [0.05, 0.1) is 50.5 Å². The van der Waals surface area contributed by atoms with Gasteiger partial charge < -0.3 is 24.3 Å². The van der Waals surface area contributed by atoms with Gasteiger partial charge in [-0.3, -0.25) is 33.0 Å². The number of esters is 2. The van der Waals surface area contributed by atoms with E-state index in [0.717, 1.165) is 110 Å². The van der Waals surface area contributed by atoms with E-state index in [2.05, 4.69) is 39.6 Å². The summed E-state index contributed by atoms with van der Waals surface area (Å²) in [5, 5.41) is 13.0. The predicted molar refractivity (Wildman–Crippen MR) is 283 cm³/mol. The number of carbonyl (C=O) groups excluding carboxylic acids is 2. The highest BCUT2D eigenvalue weighted by atomic mass is 32.3. The Bertz CT molecular complexity index is 2700. The Morgan fingerprint density at radius 1 is 0.613 bits per heavy atom. The summed E-state index contributed by atoms with van der Waals surface area (Å²) in [5.41, 5.74) is 8.93. The van der Waals surface area contributed by atoms with Crippen LogP contribution in [0.3, 0.4) is 0 Å². The van der Waals surface area contributed by atoms with Crippen molar-refractivity contribution in [2.75, 3.05) is 26.1 Å². The summed E-state index contributed by atoms with van der Waals surface area (Å²) < 4.78 is 56.8. The minimum absolute atomic E-state index is 0.165. The van der Waals surface area contributed by atoms with Crippen LogP contribution in [0.25, 0.3) is 0 Å². The Balaban J connectivity index is 0.000000224. The lowest BCUT2D eigenvalue weighted by Crippen LogP contribution is -2.26. The van der Waals surface area contributed by atoms with Crippen LogP contribution in [0.1, 0.15) is 149 Å². The Morgan fingerprint density at radius 2 is 1.07 bits per heavy atom. The van der Waals surface area contributed by atoms with Gasteiger partial charge in [0.2, 0.25) is 11.8 Å². The number of carbonyl (C=O) groups is 2. The maximum absolute atomic E-state index is 12.7. The molecule has 2 atom stereocenters. The summed E-state index contributed by atoms with van der Waals surface area (Å²) in [6, 6.07) is 19.6. The summed E-state index contributed by atoms with van der Waals surface area (Å²) in [6.07, 6.45) is 20.1. The molecule has 0 saturated heterocycles. The van der Waals surface area contributed by atoms with Crippen molar-refractivity contribution < 1.29 is 46.1 Å². The molecule has 7 heterocycles. The summed E-state index contributed by atoms with van der Waals surface area (Å²) in [5.74, 6) is 1.55. The molecule has 0 spiro atoms. The minimum atomic E-state index is -4.67. The molecule has 0 aromatic carbocycles. The second-order valence-corrected chi connectivity index (χ2v) is 21.5. The van der Waals surface area contributed by atoms with Crippen molar-refractivity contribution in [3.63, 3.8) is 0 Å². The van der Waals surface area contributed by atoms with E-state index in [1.807, 2.05) is 87.6 Å². The third kappa shape index (κ3) is 19.5. The van der Waals surface area contributed by atoms with Gasteiger partial charge in [-0.2, -0.15) is 18.6 Å². The lowest BCUT2D eigenvalue weighted by atomic mass is 9.95. The van der Waals surface area contributed by atoms with E-state index in [4.69, 9.17) is 56.6 Å². The molecule has 0 bridgehead atoms. The molecular weight excluding hydrogens is 979 g/mol. The van der Waals surface area contributed by atoms with Crippen LogP contribution in [0.15, 0.2) is 85.5 Å². The van der Waals surface area contributed by atoms with Crippen LogP contribution in [0.4, 0.5) is 5.82 Å². The van der Waals surface area contributed by atoms with Crippen molar-refractivity contribution >= 4 is 28.2 Å². The van der Waals surface area contributed by atoms with Gasteiger partial charge in [0, 0.05) is 60.5 Å². The molecule has 8 rings (SSSR count). The monoisotopic (exact) mass is 1050 g/mol. The Hall–Kier alpha value is -6.77. The highest BCUT2D eigenvalue weighted by Gasteiger charge is 2.26. The van der Waals surface area contributed by atoms with Gasteiger partial charge in [0.25, 0.3) is 0 Å². The predicted octanol–water partition coefficient (Wildman–Crippen LogP) is 8.94. The summed E-state index contributed by atoms with van der Waals surface area (Å²) in [7, 11) is -1.50. The molecular formula is C55H73N9O10S. The van der Waals surface area contributed by atoms with Crippen molar-refractivity contribution in [1.82, 2.24) is 39.5 Å². The second kappa shape index (κ2) is 26.6. The zero-order chi connectivity index (χ0) is 54.2. The number of nitrogens with zero attached hydrogens (tertiary/aromatic N) is 8. The third-order valence-corrected chi connectivity index (χ3v) is 12.2. The number of nitrogens with one attached hydrogen (secondary N) is 1. The highest BCUT2D eigenvalue weighted by Crippen LogP contribution is 2.28. The van der Waals surface area contributed by atoms with Crippen LogP contribution in [0.5, 0.6) is 11.8 Å². The van der Waals surface area contributed by atoms with E-state index >= 15 is 0 Å². The van der Waals surface area contributed by atoms with E-state index in [-0.39, 0.29) is 36.9 Å². The molecule has 0 amide bonds. The number of fused-ring (bicyclic) bond motifs is 2. The maximum atomic E-state index is 12.7. The molecule has 20 heteroatoms. The van der Waals surface area contributed by atoms with Gasteiger partial charge >= 0.3 is 22.3 Å². The van der Waals surface area contributed by atoms with E-state index < -0.39 is 21.6 Å². The number of hydrogen-bond donors (Lipinski definition) is 3. The van der Waals surface area contributed by atoms with Gasteiger partial charge in [-0.25, -0.2) is 15.0 Å². The fraction of sp³-hybridized carbons (Fsp3) is 0.491. The molecule has 2 unspecified atom stereocenters. The fourth-order valence-corrected chi connectivity index (χ4v) is 8.77. The molecule has 0 fully saturated rings. The molecule has 1 aliphatic carbocycles. The first-order valence-corrected chi connectivity index (χ1v) is 26.9. The van der Waals surface area contributed by atoms with Crippen LogP contribution in [-0.4, -0.2) is 101 Å². The molecule has 75 heavy (non-hydrogen) atoms. The second-order valence-electron chi connectivity index (χ2n) is 20.6. The number of aromatic nitrogens is 8. The van der Waals surface area contributed by atoms with Gasteiger partial charge in [0.15, 0.2) is 0 Å². The topological polar surface area (TPSA) is 245 Å². The van der Waals surface area contributed by atoms with E-state index in [0.29, 0.717) is 11.8 Å². The lowest BCUT2D eigenvalue weighted by Gasteiger charge is -2.23. The smallest absolute Gasteiger partial charge is 0.394 e. The zero-order valence-electron chi connectivity index (χ0n) is 44.5. The first kappa shape index (κ1) is 57.5. The number of aryl methyl sites for hydroxylation is 7. The minimum Gasteiger partial charge on any atom is -0.481 e. The Kier molecular flexibility index (Phi) is 20.4. The molecule has 6 aromatic rings. The van der Waals surface area contributed by atoms with Crippen LogP contribution < -0.4 is 14.8 Å². The van der Waals surface area contributed by atoms with E-state index in [1.165, 1.54) is 29.7 Å². The number of pyridine rings is 4. The lowest BCUT2D eigenvalue weighted by molar-refractivity contribution is -0.156. The number of methoxy groups -OCH3 is 2. The van der Waals surface area contributed by atoms with Gasteiger partial charge in [-0.15, -0.1) is 0 Å². The number of ether oxygens (including phenoxy) is 4. The van der Waals surface area contributed by atoms with E-state index in [1.54, 1.807) is 38.7 Å². The van der Waals surface area contributed by atoms with Crippen LogP contribution >= 0.6 is 0 Å². The Morgan fingerprint density at radius 3 is 1.53 bits per heavy atom. The van der Waals surface area contributed by atoms with Gasteiger partial charge in [-0.1, -0.05) is 12.1 Å². The summed E-state index contributed by atoms with van der Waals surface area (Å²) >= 11 is 0. The summed E-state index contributed by atoms with van der Waals surface area (Å²) in [4.78, 5) is 43.6. The molecule has 6 aromatic heterocycles. The number of anilines is 1. The quantitative estimate of drug-likeness (QED) is 0.0537. The largest absolute Gasteiger partial charge is 0.481 e. The van der Waals surface area contributed by atoms with Crippen molar-refractivity contribution in [2.45, 2.75) is 155 Å². The van der Waals surface area contributed by atoms with Gasteiger partial charge in [0.1, 0.15) is 17.0 Å². The average Bonchev–Trinajstić information content (AvgIpc) is 4.04. The maximum Gasteiger partial charge on any atom is 0.394 e.